The summed E-state index contributed by atoms with van der Waals surface area (Å²) in [5.41, 5.74) is 5.38. The minimum atomic E-state index is -0.146. The van der Waals surface area contributed by atoms with E-state index >= 15 is 0 Å². The van der Waals surface area contributed by atoms with Gasteiger partial charge in [-0.05, 0) is 67.4 Å². The molecule has 8 nitrogen and oxygen atoms in total. The van der Waals surface area contributed by atoms with Crippen LogP contribution in [0.2, 0.25) is 0 Å². The number of ether oxygens (including phenoxy) is 1. The van der Waals surface area contributed by atoms with Gasteiger partial charge in [0.1, 0.15) is 30.7 Å². The Balaban J connectivity index is 1.17. The van der Waals surface area contributed by atoms with Crippen molar-refractivity contribution in [2.75, 3.05) is 0 Å². The molecule has 8 heteroatoms. The fourth-order valence-electron chi connectivity index (χ4n) is 3.71. The predicted octanol–water partition coefficient (Wildman–Crippen LogP) is 4.29. The number of imidazole rings is 1. The van der Waals surface area contributed by atoms with Gasteiger partial charge in [-0.2, -0.15) is 5.10 Å². The average Bonchev–Trinajstić information content (AvgIpc) is 3.53. The molecule has 5 rings (SSSR count). The van der Waals surface area contributed by atoms with Crippen LogP contribution in [0.25, 0.3) is 11.3 Å². The molecule has 5 aromatic rings. The second-order valence-electron chi connectivity index (χ2n) is 8.14. The zero-order chi connectivity index (χ0) is 23.5. The van der Waals surface area contributed by atoms with Crippen LogP contribution in [0.4, 0.5) is 0 Å². The summed E-state index contributed by atoms with van der Waals surface area (Å²) in [4.78, 5) is 21.2. The van der Waals surface area contributed by atoms with E-state index < -0.39 is 0 Å². The van der Waals surface area contributed by atoms with Crippen molar-refractivity contribution in [2.24, 2.45) is 0 Å². The fourth-order valence-corrected chi connectivity index (χ4v) is 3.71. The van der Waals surface area contributed by atoms with Crippen LogP contribution in [-0.2, 0) is 6.61 Å². The summed E-state index contributed by atoms with van der Waals surface area (Å²) in [6, 6.07) is 18.8. The standard InChI is InChI=1S/C26H24N6O2/c1-18-3-12-25-30-22(14-31(25)13-18)15-34-24-10-6-21(7-11-24)26(33)29-19(2)20-4-8-23(9-5-20)32-17-27-16-28-32/h3-14,16-17,19H,15H2,1-2H3,(H,29,33). The highest BCUT2D eigenvalue weighted by atomic mass is 16.5. The van der Waals surface area contributed by atoms with Gasteiger partial charge < -0.3 is 14.5 Å². The summed E-state index contributed by atoms with van der Waals surface area (Å²) in [6.07, 6.45) is 7.13. The number of hydrogen-bond acceptors (Lipinski definition) is 5. The van der Waals surface area contributed by atoms with Crippen molar-refractivity contribution in [3.63, 3.8) is 0 Å². The molecule has 1 atom stereocenters. The molecule has 0 aliphatic rings. The van der Waals surface area contributed by atoms with Crippen LogP contribution in [0.3, 0.4) is 0 Å². The summed E-state index contributed by atoms with van der Waals surface area (Å²) >= 11 is 0. The van der Waals surface area contributed by atoms with Crippen LogP contribution < -0.4 is 10.1 Å². The first-order valence-corrected chi connectivity index (χ1v) is 11.0. The third-order valence-corrected chi connectivity index (χ3v) is 5.58. The zero-order valence-electron chi connectivity index (χ0n) is 18.9. The number of fused-ring (bicyclic) bond motifs is 1. The molecule has 0 spiro atoms. The van der Waals surface area contributed by atoms with Gasteiger partial charge in [-0.25, -0.2) is 14.6 Å². The van der Waals surface area contributed by atoms with Gasteiger partial charge in [0.25, 0.3) is 5.91 Å². The Bertz CT molecular complexity index is 1410. The molecule has 1 N–H and O–H groups in total. The molecule has 0 radical (unpaired) electrons. The predicted molar refractivity (Wildman–Crippen MR) is 128 cm³/mol. The van der Waals surface area contributed by atoms with E-state index in [0.29, 0.717) is 17.9 Å². The van der Waals surface area contributed by atoms with Gasteiger partial charge in [0.2, 0.25) is 0 Å². The van der Waals surface area contributed by atoms with Crippen molar-refractivity contribution in [3.05, 3.63) is 108 Å². The van der Waals surface area contributed by atoms with E-state index in [1.165, 1.54) is 11.9 Å². The molecule has 170 valence electrons. The van der Waals surface area contributed by atoms with E-state index in [4.69, 9.17) is 4.74 Å². The van der Waals surface area contributed by atoms with Crippen LogP contribution in [0.5, 0.6) is 5.75 Å². The maximum atomic E-state index is 12.7. The highest BCUT2D eigenvalue weighted by Gasteiger charge is 2.12. The Labute approximate surface area is 196 Å². The summed E-state index contributed by atoms with van der Waals surface area (Å²) in [5.74, 6) is 0.539. The van der Waals surface area contributed by atoms with Crippen molar-refractivity contribution >= 4 is 11.6 Å². The molecule has 1 amide bonds. The van der Waals surface area contributed by atoms with Crippen molar-refractivity contribution in [1.29, 1.82) is 0 Å². The number of nitrogens with zero attached hydrogens (tertiary/aromatic N) is 5. The van der Waals surface area contributed by atoms with E-state index in [0.717, 1.165) is 22.6 Å². The van der Waals surface area contributed by atoms with Gasteiger partial charge in [0, 0.05) is 18.0 Å². The number of benzene rings is 2. The SMILES string of the molecule is Cc1ccc2nc(COc3ccc(C(=O)NC(C)c4ccc(-n5cncn5)cc4)cc3)cn2c1. The molecule has 1 unspecified atom stereocenters. The van der Waals surface area contributed by atoms with Gasteiger partial charge in [-0.15, -0.1) is 0 Å². The highest BCUT2D eigenvalue weighted by molar-refractivity contribution is 5.94. The molecule has 0 fully saturated rings. The van der Waals surface area contributed by atoms with E-state index in [1.807, 2.05) is 67.0 Å². The van der Waals surface area contributed by atoms with Crippen LogP contribution in [0.15, 0.2) is 85.7 Å². The lowest BCUT2D eigenvalue weighted by atomic mass is 10.1. The topological polar surface area (TPSA) is 86.3 Å². The number of aryl methyl sites for hydroxylation is 1. The summed E-state index contributed by atoms with van der Waals surface area (Å²) in [7, 11) is 0. The smallest absolute Gasteiger partial charge is 0.251 e. The average molecular weight is 453 g/mol. The highest BCUT2D eigenvalue weighted by Crippen LogP contribution is 2.18. The zero-order valence-corrected chi connectivity index (χ0v) is 18.9. The molecule has 0 saturated carbocycles. The summed E-state index contributed by atoms with van der Waals surface area (Å²) in [5, 5.41) is 7.16. The Morgan fingerprint density at radius 2 is 1.82 bits per heavy atom. The minimum Gasteiger partial charge on any atom is -0.487 e. The van der Waals surface area contributed by atoms with Crippen molar-refractivity contribution in [1.82, 2.24) is 29.5 Å². The number of rotatable bonds is 7. The first-order chi connectivity index (χ1) is 16.5. The Morgan fingerprint density at radius 3 is 2.56 bits per heavy atom. The molecule has 0 bridgehead atoms. The van der Waals surface area contributed by atoms with Crippen molar-refractivity contribution in [3.8, 4) is 11.4 Å². The molecular weight excluding hydrogens is 428 g/mol. The number of nitrogens with one attached hydrogen (secondary N) is 1. The normalized spacial score (nSPS) is 11.9. The lowest BCUT2D eigenvalue weighted by molar-refractivity contribution is 0.0940. The van der Waals surface area contributed by atoms with Crippen molar-refractivity contribution in [2.45, 2.75) is 26.5 Å². The lowest BCUT2D eigenvalue weighted by Crippen LogP contribution is -2.26. The molecule has 3 aromatic heterocycles. The van der Waals surface area contributed by atoms with Crippen molar-refractivity contribution < 1.29 is 9.53 Å². The fraction of sp³-hybridized carbons (Fsp3) is 0.154. The minimum absolute atomic E-state index is 0.143. The molecule has 0 saturated heterocycles. The molecular formula is C26H24N6O2. The summed E-state index contributed by atoms with van der Waals surface area (Å²) in [6.45, 7) is 4.36. The Kier molecular flexibility index (Phi) is 5.78. The van der Waals surface area contributed by atoms with Gasteiger partial charge in [-0.3, -0.25) is 4.79 Å². The van der Waals surface area contributed by atoms with Crippen LogP contribution in [0.1, 0.15) is 40.1 Å². The molecule has 3 heterocycles. The van der Waals surface area contributed by atoms with Crippen LogP contribution in [0, 0.1) is 6.92 Å². The lowest BCUT2D eigenvalue weighted by Gasteiger charge is -2.15. The van der Waals surface area contributed by atoms with Gasteiger partial charge in [0.05, 0.1) is 17.4 Å². The van der Waals surface area contributed by atoms with Crippen LogP contribution >= 0.6 is 0 Å². The van der Waals surface area contributed by atoms with E-state index in [9.17, 15) is 4.79 Å². The molecule has 0 aliphatic heterocycles. The Hall–Kier alpha value is -4.46. The van der Waals surface area contributed by atoms with Gasteiger partial charge in [-0.1, -0.05) is 18.2 Å². The molecule has 2 aromatic carbocycles. The maximum Gasteiger partial charge on any atom is 0.251 e. The largest absolute Gasteiger partial charge is 0.487 e. The maximum absolute atomic E-state index is 12.7. The van der Waals surface area contributed by atoms with E-state index in [-0.39, 0.29) is 11.9 Å². The van der Waals surface area contributed by atoms with E-state index in [1.54, 1.807) is 35.3 Å². The monoisotopic (exact) mass is 452 g/mol. The second-order valence-corrected chi connectivity index (χ2v) is 8.14. The van der Waals surface area contributed by atoms with Crippen LogP contribution in [-0.4, -0.2) is 30.1 Å². The molecule has 34 heavy (non-hydrogen) atoms. The first-order valence-electron chi connectivity index (χ1n) is 11.0. The number of amides is 1. The van der Waals surface area contributed by atoms with E-state index in [2.05, 4.69) is 20.4 Å². The Morgan fingerprint density at radius 1 is 1.03 bits per heavy atom. The third kappa shape index (κ3) is 4.66. The quantitative estimate of drug-likeness (QED) is 0.398. The third-order valence-electron chi connectivity index (χ3n) is 5.58. The number of hydrogen-bond donors (Lipinski definition) is 1. The summed E-state index contributed by atoms with van der Waals surface area (Å²) < 4.78 is 9.54. The molecule has 0 aliphatic carbocycles. The second kappa shape index (κ2) is 9.19. The van der Waals surface area contributed by atoms with Gasteiger partial charge >= 0.3 is 0 Å². The number of aromatic nitrogens is 5. The number of carbonyl (C=O) groups excluding carboxylic acids is 1. The van der Waals surface area contributed by atoms with Gasteiger partial charge in [0.15, 0.2) is 0 Å². The first kappa shape index (κ1) is 21.4. The number of pyridine rings is 1. The number of carbonyl (C=O) groups is 1.